The first-order chi connectivity index (χ1) is 10.7. The van der Waals surface area contributed by atoms with Gasteiger partial charge in [-0.05, 0) is 47.9 Å². The van der Waals surface area contributed by atoms with Crippen molar-refractivity contribution in [2.45, 2.75) is 51.5 Å². The first-order valence-corrected chi connectivity index (χ1v) is 8.90. The largest absolute Gasteiger partial charge is 0.330 e. The molecule has 1 aromatic carbocycles. The molecule has 0 spiro atoms. The molecule has 0 radical (unpaired) electrons. The number of benzene rings is 1. The Balaban J connectivity index is 1.68. The Morgan fingerprint density at radius 2 is 1.82 bits per heavy atom. The molecule has 1 aromatic rings. The molecular weight excluding hydrogens is 296 g/mol. The molecule has 1 fully saturated rings. The zero-order valence-electron chi connectivity index (χ0n) is 13.1. The lowest BCUT2D eigenvalue weighted by atomic mass is 9.99. The molecule has 0 aromatic heterocycles. The predicted molar refractivity (Wildman–Crippen MR) is 89.7 cm³/mol. The quantitative estimate of drug-likeness (QED) is 0.462. The zero-order chi connectivity index (χ0) is 15.4. The minimum Gasteiger partial charge on any atom is -0.261 e. The van der Waals surface area contributed by atoms with Gasteiger partial charge in [-0.25, -0.2) is 5.01 Å². The number of carbonyl (C=O) groups excluding carboxylic acids is 1. The summed E-state index contributed by atoms with van der Waals surface area (Å²) in [5.41, 5.74) is 2.72. The van der Waals surface area contributed by atoms with Crippen LogP contribution < -0.4 is 0 Å². The fourth-order valence-corrected chi connectivity index (χ4v) is 3.95. The van der Waals surface area contributed by atoms with E-state index in [2.05, 4.69) is 29.3 Å². The number of nitrogens with zero attached hydrogens (tertiary/aromatic N) is 2. The number of hydrazine groups is 1. The van der Waals surface area contributed by atoms with Crippen LogP contribution in [0.3, 0.4) is 0 Å². The molecule has 120 valence electrons. The maximum atomic E-state index is 12.0. The zero-order valence-corrected chi connectivity index (χ0v) is 13.9. The Morgan fingerprint density at radius 3 is 2.50 bits per heavy atom. The van der Waals surface area contributed by atoms with E-state index in [4.69, 9.17) is 11.6 Å². The Hall–Kier alpha value is -1.06. The number of hydrogen-bond acceptors (Lipinski definition) is 2. The van der Waals surface area contributed by atoms with Crippen LogP contribution in [0.25, 0.3) is 0 Å². The second-order valence-electron chi connectivity index (χ2n) is 6.60. The topological polar surface area (TPSA) is 23.6 Å². The third-order valence-electron chi connectivity index (χ3n) is 5.06. The maximum Gasteiger partial charge on any atom is 0.330 e. The van der Waals surface area contributed by atoms with Crippen molar-refractivity contribution in [2.75, 3.05) is 13.1 Å². The number of carbonyl (C=O) groups is 1. The molecule has 0 saturated heterocycles. The number of hydrogen-bond donors (Lipinski definition) is 0. The van der Waals surface area contributed by atoms with Crippen molar-refractivity contribution >= 4 is 17.0 Å². The summed E-state index contributed by atoms with van der Waals surface area (Å²) < 4.78 is 0. The lowest BCUT2D eigenvalue weighted by Gasteiger charge is -2.38. The third kappa shape index (κ3) is 3.82. The molecule has 0 N–H and O–H groups in total. The molecule has 1 aliphatic heterocycles. The van der Waals surface area contributed by atoms with E-state index >= 15 is 0 Å². The highest BCUT2D eigenvalue weighted by Crippen LogP contribution is 2.26. The molecule has 1 amide bonds. The van der Waals surface area contributed by atoms with Gasteiger partial charge in [-0.15, -0.1) is 0 Å². The molecule has 2 aliphatic rings. The molecule has 0 atom stereocenters. The van der Waals surface area contributed by atoms with E-state index in [1.54, 1.807) is 5.01 Å². The summed E-state index contributed by atoms with van der Waals surface area (Å²) in [5, 5.41) is 3.61. The molecule has 22 heavy (non-hydrogen) atoms. The molecule has 0 unspecified atom stereocenters. The van der Waals surface area contributed by atoms with Crippen molar-refractivity contribution in [3.63, 3.8) is 0 Å². The summed E-state index contributed by atoms with van der Waals surface area (Å²) in [6.07, 6.45) is 8.69. The van der Waals surface area contributed by atoms with Gasteiger partial charge in [0.15, 0.2) is 0 Å². The van der Waals surface area contributed by atoms with Gasteiger partial charge < -0.3 is 0 Å². The van der Waals surface area contributed by atoms with Crippen molar-refractivity contribution in [1.82, 2.24) is 10.0 Å². The van der Waals surface area contributed by atoms with Crippen molar-refractivity contribution in [1.29, 1.82) is 0 Å². The first kappa shape index (κ1) is 15.8. The van der Waals surface area contributed by atoms with Crippen LogP contribution in [0.15, 0.2) is 24.3 Å². The highest BCUT2D eigenvalue weighted by molar-refractivity contribution is 6.62. The number of halogens is 1. The van der Waals surface area contributed by atoms with Crippen molar-refractivity contribution in [3.05, 3.63) is 35.4 Å². The Bertz CT molecular complexity index is 512. The van der Waals surface area contributed by atoms with E-state index in [9.17, 15) is 4.79 Å². The molecule has 3 nitrogen and oxygen atoms in total. The lowest BCUT2D eigenvalue weighted by molar-refractivity contribution is -0.00109. The van der Waals surface area contributed by atoms with E-state index in [1.807, 2.05) is 0 Å². The van der Waals surface area contributed by atoms with Crippen LogP contribution in [0, 0.1) is 5.92 Å². The van der Waals surface area contributed by atoms with Crippen LogP contribution in [0.2, 0.25) is 0 Å². The van der Waals surface area contributed by atoms with Crippen LogP contribution in [0.5, 0.6) is 0 Å². The summed E-state index contributed by atoms with van der Waals surface area (Å²) >= 11 is 5.91. The smallest absolute Gasteiger partial charge is 0.261 e. The van der Waals surface area contributed by atoms with Gasteiger partial charge in [-0.3, -0.25) is 9.80 Å². The van der Waals surface area contributed by atoms with Crippen LogP contribution in [0.4, 0.5) is 4.79 Å². The van der Waals surface area contributed by atoms with Gasteiger partial charge in [0.2, 0.25) is 0 Å². The third-order valence-corrected chi connectivity index (χ3v) is 5.26. The van der Waals surface area contributed by atoms with Gasteiger partial charge in [-0.2, -0.15) is 0 Å². The van der Waals surface area contributed by atoms with Gasteiger partial charge in [0.1, 0.15) is 0 Å². The predicted octanol–water partition coefficient (Wildman–Crippen LogP) is 4.59. The summed E-state index contributed by atoms with van der Waals surface area (Å²) in [5.74, 6) is 0.599. The summed E-state index contributed by atoms with van der Waals surface area (Å²) in [6, 6.07) is 8.50. The molecule has 3 rings (SSSR count). The molecule has 1 saturated carbocycles. The van der Waals surface area contributed by atoms with Crippen LogP contribution >= 0.6 is 11.6 Å². The van der Waals surface area contributed by atoms with Gasteiger partial charge in [0.25, 0.3) is 0 Å². The Labute approximate surface area is 138 Å². The highest BCUT2D eigenvalue weighted by atomic mass is 35.5. The second-order valence-corrected chi connectivity index (χ2v) is 6.92. The minimum atomic E-state index is -0.330. The Kier molecular flexibility index (Phi) is 5.37. The maximum absolute atomic E-state index is 12.0. The van der Waals surface area contributed by atoms with Crippen LogP contribution in [0.1, 0.15) is 49.7 Å². The fraction of sp³-hybridized carbons (Fsp3) is 0.611. The average Bonchev–Trinajstić information content (AvgIpc) is 2.80. The van der Waals surface area contributed by atoms with E-state index in [0.29, 0.717) is 5.92 Å². The Morgan fingerprint density at radius 1 is 1.14 bits per heavy atom. The summed E-state index contributed by atoms with van der Waals surface area (Å²) in [6.45, 7) is 2.45. The second kappa shape index (κ2) is 7.47. The van der Waals surface area contributed by atoms with E-state index < -0.39 is 0 Å². The van der Waals surface area contributed by atoms with E-state index in [0.717, 1.165) is 26.1 Å². The summed E-state index contributed by atoms with van der Waals surface area (Å²) in [7, 11) is 0. The molecule has 4 heteroatoms. The van der Waals surface area contributed by atoms with Crippen LogP contribution in [-0.4, -0.2) is 28.5 Å². The molecule has 1 aliphatic carbocycles. The van der Waals surface area contributed by atoms with Crippen molar-refractivity contribution in [2.24, 2.45) is 5.92 Å². The molecule has 0 bridgehead atoms. The normalized spacial score (nSPS) is 20.2. The van der Waals surface area contributed by atoms with E-state index in [-0.39, 0.29) is 5.37 Å². The number of amides is 1. The average molecular weight is 321 g/mol. The first-order valence-electron chi connectivity index (χ1n) is 8.52. The van der Waals surface area contributed by atoms with Crippen molar-refractivity contribution < 1.29 is 4.79 Å². The van der Waals surface area contributed by atoms with Gasteiger partial charge in [0.05, 0.1) is 0 Å². The summed E-state index contributed by atoms with van der Waals surface area (Å²) in [4.78, 5) is 12.0. The van der Waals surface area contributed by atoms with Crippen LogP contribution in [-0.2, 0) is 13.0 Å². The monoisotopic (exact) mass is 320 g/mol. The van der Waals surface area contributed by atoms with Crippen molar-refractivity contribution in [3.8, 4) is 0 Å². The number of rotatable bonds is 3. The van der Waals surface area contributed by atoms with Gasteiger partial charge in [-0.1, -0.05) is 49.9 Å². The molecule has 1 heterocycles. The fourth-order valence-electron chi connectivity index (χ4n) is 3.78. The van der Waals surface area contributed by atoms with E-state index in [1.165, 1.54) is 49.7 Å². The highest BCUT2D eigenvalue weighted by Gasteiger charge is 2.27. The lowest BCUT2D eigenvalue weighted by Crippen LogP contribution is -2.48. The standard InChI is InChI=1S/C18H25ClN2O/c19-18(22)21(13-15-7-3-1-2-4-8-15)20-12-11-16-9-5-6-10-17(16)14-20/h5-6,9-10,15H,1-4,7-8,11-14H2. The minimum absolute atomic E-state index is 0.330. The SMILES string of the molecule is O=C(Cl)N(CC1CCCCCC1)N1CCc2ccccc2C1. The van der Waals surface area contributed by atoms with Gasteiger partial charge >= 0.3 is 5.37 Å². The van der Waals surface area contributed by atoms with Gasteiger partial charge in [0, 0.05) is 19.6 Å². The number of fused-ring (bicyclic) bond motifs is 1. The molecular formula is C18H25ClN2O.